The van der Waals surface area contributed by atoms with Gasteiger partial charge in [0.05, 0.1) is 11.5 Å². The van der Waals surface area contributed by atoms with Gasteiger partial charge in [-0.1, -0.05) is 11.3 Å². The van der Waals surface area contributed by atoms with Gasteiger partial charge in [0.1, 0.15) is 5.01 Å². The van der Waals surface area contributed by atoms with Gasteiger partial charge >= 0.3 is 0 Å². The van der Waals surface area contributed by atoms with Crippen molar-refractivity contribution in [2.45, 2.75) is 18.8 Å². The average molecular weight is 233 g/mol. The number of nitrogens with zero attached hydrogens (tertiary/aromatic N) is 2. The molecule has 2 rings (SSSR count). The van der Waals surface area contributed by atoms with Gasteiger partial charge in [0.25, 0.3) is 0 Å². The summed E-state index contributed by atoms with van der Waals surface area (Å²) in [5.41, 5.74) is 5.45. The van der Waals surface area contributed by atoms with Crippen LogP contribution in [-0.2, 0) is 9.84 Å². The third kappa shape index (κ3) is 2.03. The fourth-order valence-corrected chi connectivity index (χ4v) is 4.19. The van der Waals surface area contributed by atoms with E-state index in [-0.39, 0.29) is 11.7 Å². The van der Waals surface area contributed by atoms with Crippen LogP contribution in [0.3, 0.4) is 0 Å². The maximum Gasteiger partial charge on any atom is 0.203 e. The summed E-state index contributed by atoms with van der Waals surface area (Å²) in [5.74, 6) is 0.503. The lowest BCUT2D eigenvalue weighted by Crippen LogP contribution is -2.23. The first-order chi connectivity index (χ1) is 6.57. The van der Waals surface area contributed by atoms with Crippen molar-refractivity contribution in [1.82, 2.24) is 10.2 Å². The predicted octanol–water partition coefficient (Wildman–Crippen LogP) is 0.412. The van der Waals surface area contributed by atoms with Crippen LogP contribution in [0.25, 0.3) is 0 Å². The molecule has 1 fully saturated rings. The lowest BCUT2D eigenvalue weighted by atomic mass is 10.1. The van der Waals surface area contributed by atoms with E-state index >= 15 is 0 Å². The van der Waals surface area contributed by atoms with E-state index in [1.54, 1.807) is 0 Å². The van der Waals surface area contributed by atoms with Gasteiger partial charge in [0, 0.05) is 5.92 Å². The Morgan fingerprint density at radius 1 is 1.43 bits per heavy atom. The Kier molecular flexibility index (Phi) is 2.44. The van der Waals surface area contributed by atoms with Gasteiger partial charge < -0.3 is 5.73 Å². The second-order valence-electron chi connectivity index (χ2n) is 3.43. The van der Waals surface area contributed by atoms with Crippen molar-refractivity contribution < 1.29 is 8.42 Å². The molecule has 0 bridgehead atoms. The molecule has 0 spiro atoms. The summed E-state index contributed by atoms with van der Waals surface area (Å²) in [6.07, 6.45) is 1.58. The predicted molar refractivity (Wildman–Crippen MR) is 55.0 cm³/mol. The standard InChI is InChI=1S/C7H11N3O2S2/c8-7-10-9-6(13-7)5-2-1-3-14(11,12)4-5/h5H,1-4H2,(H2,8,10). The molecule has 0 aromatic carbocycles. The molecule has 14 heavy (non-hydrogen) atoms. The van der Waals surface area contributed by atoms with Gasteiger partial charge in [-0.3, -0.25) is 0 Å². The maximum absolute atomic E-state index is 11.4. The third-order valence-electron chi connectivity index (χ3n) is 2.27. The summed E-state index contributed by atoms with van der Waals surface area (Å²) < 4.78 is 22.7. The van der Waals surface area contributed by atoms with Gasteiger partial charge in [0.2, 0.25) is 5.13 Å². The fourth-order valence-electron chi connectivity index (χ4n) is 1.63. The number of hydrogen-bond acceptors (Lipinski definition) is 6. The molecule has 1 aliphatic rings. The van der Waals surface area contributed by atoms with Crippen molar-refractivity contribution in [2.24, 2.45) is 0 Å². The molecular formula is C7H11N3O2S2. The van der Waals surface area contributed by atoms with E-state index in [9.17, 15) is 8.42 Å². The molecule has 0 amide bonds. The van der Waals surface area contributed by atoms with Crippen LogP contribution in [0.15, 0.2) is 0 Å². The van der Waals surface area contributed by atoms with Crippen LogP contribution in [0.1, 0.15) is 23.8 Å². The van der Waals surface area contributed by atoms with E-state index < -0.39 is 9.84 Å². The zero-order valence-corrected chi connectivity index (χ0v) is 9.14. The molecule has 2 N–H and O–H groups in total. The van der Waals surface area contributed by atoms with Gasteiger partial charge in [-0.25, -0.2) is 8.42 Å². The second-order valence-corrected chi connectivity index (χ2v) is 6.70. The lowest BCUT2D eigenvalue weighted by Gasteiger charge is -2.18. The van der Waals surface area contributed by atoms with E-state index in [4.69, 9.17) is 5.73 Å². The average Bonchev–Trinajstić information content (AvgIpc) is 2.50. The number of sulfone groups is 1. The molecule has 5 nitrogen and oxygen atoms in total. The minimum atomic E-state index is -2.87. The Balaban J connectivity index is 2.20. The van der Waals surface area contributed by atoms with Crippen LogP contribution in [0.5, 0.6) is 0 Å². The molecule has 1 atom stereocenters. The zero-order chi connectivity index (χ0) is 10.2. The smallest absolute Gasteiger partial charge is 0.203 e. The zero-order valence-electron chi connectivity index (χ0n) is 7.51. The summed E-state index contributed by atoms with van der Waals surface area (Å²) in [4.78, 5) is 0. The molecular weight excluding hydrogens is 222 g/mol. The van der Waals surface area contributed by atoms with Gasteiger partial charge in [-0.2, -0.15) is 0 Å². The fraction of sp³-hybridized carbons (Fsp3) is 0.714. The van der Waals surface area contributed by atoms with Crippen LogP contribution in [-0.4, -0.2) is 30.1 Å². The van der Waals surface area contributed by atoms with Gasteiger partial charge in [0.15, 0.2) is 9.84 Å². The first-order valence-corrected chi connectivity index (χ1v) is 7.00. The summed E-state index contributed by atoms with van der Waals surface area (Å²) >= 11 is 1.29. The van der Waals surface area contributed by atoms with E-state index in [2.05, 4.69) is 10.2 Å². The summed E-state index contributed by atoms with van der Waals surface area (Å²) in [5, 5.41) is 8.74. The van der Waals surface area contributed by atoms with Crippen LogP contribution >= 0.6 is 11.3 Å². The highest BCUT2D eigenvalue weighted by molar-refractivity contribution is 7.91. The number of hydrogen-bond donors (Lipinski definition) is 1. The largest absolute Gasteiger partial charge is 0.374 e. The topological polar surface area (TPSA) is 85.9 Å². The molecule has 1 unspecified atom stereocenters. The van der Waals surface area contributed by atoms with Crippen molar-refractivity contribution in [1.29, 1.82) is 0 Å². The first-order valence-electron chi connectivity index (χ1n) is 4.36. The summed E-state index contributed by atoms with van der Waals surface area (Å²) in [7, 11) is -2.87. The summed E-state index contributed by atoms with van der Waals surface area (Å²) in [6, 6.07) is 0. The van der Waals surface area contributed by atoms with E-state index in [0.717, 1.165) is 11.4 Å². The van der Waals surface area contributed by atoms with Crippen LogP contribution in [0.4, 0.5) is 5.13 Å². The van der Waals surface area contributed by atoms with E-state index in [0.29, 0.717) is 17.3 Å². The van der Waals surface area contributed by atoms with Crippen molar-refractivity contribution in [3.8, 4) is 0 Å². The van der Waals surface area contributed by atoms with Crippen molar-refractivity contribution in [3.63, 3.8) is 0 Å². The molecule has 78 valence electrons. The SMILES string of the molecule is Nc1nnc(C2CCCS(=O)(=O)C2)s1. The molecule has 1 aliphatic heterocycles. The number of aromatic nitrogens is 2. The van der Waals surface area contributed by atoms with Crippen LogP contribution in [0.2, 0.25) is 0 Å². The minimum Gasteiger partial charge on any atom is -0.374 e. The Bertz CT molecular complexity index is 426. The van der Waals surface area contributed by atoms with Crippen LogP contribution < -0.4 is 5.73 Å². The monoisotopic (exact) mass is 233 g/mol. The molecule has 0 saturated carbocycles. The molecule has 0 radical (unpaired) electrons. The molecule has 2 heterocycles. The van der Waals surface area contributed by atoms with Crippen molar-refractivity contribution in [2.75, 3.05) is 17.2 Å². The molecule has 1 aromatic rings. The van der Waals surface area contributed by atoms with Crippen LogP contribution in [0, 0.1) is 0 Å². The Hall–Kier alpha value is -0.690. The number of nitrogens with two attached hydrogens (primary N) is 1. The maximum atomic E-state index is 11.4. The Labute approximate surface area is 86.3 Å². The number of anilines is 1. The second kappa shape index (κ2) is 3.47. The number of rotatable bonds is 1. The van der Waals surface area contributed by atoms with E-state index in [1.165, 1.54) is 11.3 Å². The Morgan fingerprint density at radius 2 is 2.21 bits per heavy atom. The molecule has 0 aliphatic carbocycles. The Morgan fingerprint density at radius 3 is 2.79 bits per heavy atom. The highest BCUT2D eigenvalue weighted by Crippen LogP contribution is 2.30. The van der Waals surface area contributed by atoms with Gasteiger partial charge in [-0.15, -0.1) is 10.2 Å². The highest BCUT2D eigenvalue weighted by Gasteiger charge is 2.28. The van der Waals surface area contributed by atoms with E-state index in [1.807, 2.05) is 0 Å². The van der Waals surface area contributed by atoms with Crippen molar-refractivity contribution in [3.05, 3.63) is 5.01 Å². The highest BCUT2D eigenvalue weighted by atomic mass is 32.2. The lowest BCUT2D eigenvalue weighted by molar-refractivity contribution is 0.552. The summed E-state index contributed by atoms with van der Waals surface area (Å²) in [6.45, 7) is 0. The molecule has 7 heteroatoms. The quantitative estimate of drug-likeness (QED) is 0.759. The number of nitrogen functional groups attached to an aromatic ring is 1. The first kappa shape index (κ1) is 9.85. The molecule has 1 aromatic heterocycles. The normalized spacial score (nSPS) is 26.1. The van der Waals surface area contributed by atoms with Gasteiger partial charge in [-0.05, 0) is 12.8 Å². The third-order valence-corrected chi connectivity index (χ3v) is 5.00. The van der Waals surface area contributed by atoms with Crippen molar-refractivity contribution >= 4 is 26.3 Å². The minimum absolute atomic E-state index is 0.00329. The molecule has 1 saturated heterocycles.